The Labute approximate surface area is 141 Å². The third kappa shape index (κ3) is 5.06. The van der Waals surface area contributed by atoms with E-state index in [4.69, 9.17) is 9.84 Å². The van der Waals surface area contributed by atoms with Gasteiger partial charge in [-0.05, 0) is 18.0 Å². The van der Waals surface area contributed by atoms with Crippen LogP contribution in [0.4, 0.5) is 5.82 Å². The summed E-state index contributed by atoms with van der Waals surface area (Å²) in [5.41, 5.74) is 0. The van der Waals surface area contributed by atoms with E-state index in [1.165, 1.54) is 10.8 Å². The molecule has 0 aliphatic carbocycles. The van der Waals surface area contributed by atoms with E-state index >= 15 is 0 Å². The van der Waals surface area contributed by atoms with Crippen LogP contribution in [0.15, 0.2) is 6.20 Å². The van der Waals surface area contributed by atoms with E-state index in [0.717, 1.165) is 26.2 Å². The van der Waals surface area contributed by atoms with Crippen LogP contribution in [0.25, 0.3) is 5.32 Å². The van der Waals surface area contributed by atoms with Gasteiger partial charge in [0.05, 0.1) is 6.54 Å². The van der Waals surface area contributed by atoms with Gasteiger partial charge in [-0.15, -0.1) is 13.1 Å². The smallest absolute Gasteiger partial charge is 0.414 e. The summed E-state index contributed by atoms with van der Waals surface area (Å²) in [4.78, 5) is 13.3. The van der Waals surface area contributed by atoms with Gasteiger partial charge in [0.15, 0.2) is 0 Å². The Bertz CT molecular complexity index is 426. The van der Waals surface area contributed by atoms with Crippen molar-refractivity contribution in [2.75, 3.05) is 32.8 Å². The summed E-state index contributed by atoms with van der Waals surface area (Å²) in [5, 5.41) is 26.8. The molecule has 1 atom stereocenters. The van der Waals surface area contributed by atoms with Crippen LogP contribution in [-0.4, -0.2) is 58.5 Å². The molecule has 0 bridgehead atoms. The topological polar surface area (TPSA) is 117 Å². The van der Waals surface area contributed by atoms with Gasteiger partial charge >= 0.3 is 11.8 Å². The molecule has 10 heteroatoms. The van der Waals surface area contributed by atoms with Gasteiger partial charge in [0.25, 0.3) is 0 Å². The van der Waals surface area contributed by atoms with Crippen molar-refractivity contribution in [3.8, 4) is 6.01 Å². The number of nitrogens with zero attached hydrogens (tertiary/aromatic N) is 4. The monoisotopic (exact) mass is 359 g/mol. The molecule has 0 spiro atoms. The zero-order valence-electron chi connectivity index (χ0n) is 10.9. The van der Waals surface area contributed by atoms with Crippen molar-refractivity contribution < 1.29 is 47.5 Å². The van der Waals surface area contributed by atoms with Gasteiger partial charge in [-0.1, -0.05) is 0 Å². The average Bonchev–Trinajstić information content (AvgIpc) is 2.84. The number of aromatic nitrogens is 2. The second-order valence-electron chi connectivity index (χ2n) is 4.18. The molecule has 0 aromatic carbocycles. The summed E-state index contributed by atoms with van der Waals surface area (Å²) in [6.07, 6.45) is 0.624. The third-order valence-corrected chi connectivity index (χ3v) is 2.62. The summed E-state index contributed by atoms with van der Waals surface area (Å²) >= 11 is 0. The normalized spacial score (nSPS) is 20.6. The average molecular weight is 359 g/mol. The van der Waals surface area contributed by atoms with Crippen molar-refractivity contribution in [2.24, 2.45) is 0 Å². The summed E-state index contributed by atoms with van der Waals surface area (Å²) in [6, 6.07) is 0.192. The van der Waals surface area contributed by atoms with E-state index in [-0.39, 0.29) is 57.7 Å². The Hall–Kier alpha value is -0.606. The molecule has 0 saturated carbocycles. The number of fused-ring (bicyclic) bond motifs is 1. The van der Waals surface area contributed by atoms with Gasteiger partial charge in [0.1, 0.15) is 18.9 Å². The number of aliphatic hydroxyl groups excluding tert-OH is 1. The van der Waals surface area contributed by atoms with Gasteiger partial charge in [0.2, 0.25) is 0 Å². The van der Waals surface area contributed by atoms with Crippen molar-refractivity contribution >= 4 is 5.82 Å². The number of hydrogen-bond donors (Lipinski definition) is 2. The quantitative estimate of drug-likeness (QED) is 0.516. The Morgan fingerprint density at radius 1 is 1.55 bits per heavy atom. The molecule has 1 aromatic rings. The molecule has 1 radical (unpaired) electrons. The van der Waals surface area contributed by atoms with E-state index in [2.05, 4.69) is 15.6 Å². The largest absolute Gasteiger partial charge is 0.660 e. The first-order chi connectivity index (χ1) is 9.16. The molecule has 1 fully saturated rings. The predicted molar refractivity (Wildman–Crippen MR) is 66.3 cm³/mol. The van der Waals surface area contributed by atoms with Gasteiger partial charge in [-0.2, -0.15) is 0 Å². The van der Waals surface area contributed by atoms with Crippen molar-refractivity contribution in [3.63, 3.8) is 0 Å². The molecular weight excluding hydrogens is 343 g/mol. The molecular formula is C10H16N5O4Y-. The molecule has 109 valence electrons. The van der Waals surface area contributed by atoms with Crippen molar-refractivity contribution in [2.45, 2.75) is 12.6 Å². The van der Waals surface area contributed by atoms with Crippen LogP contribution in [0.3, 0.4) is 0 Å². The number of imidazole rings is 1. The number of piperazine rings is 1. The fourth-order valence-electron chi connectivity index (χ4n) is 1.72. The maximum atomic E-state index is 10.3. The van der Waals surface area contributed by atoms with Crippen LogP contribution in [0.5, 0.6) is 6.01 Å². The summed E-state index contributed by atoms with van der Waals surface area (Å²) < 4.78 is 6.39. The van der Waals surface area contributed by atoms with Crippen LogP contribution >= 0.6 is 0 Å². The molecule has 20 heavy (non-hydrogen) atoms. The number of hydrogen-bond acceptors (Lipinski definition) is 6. The minimum Gasteiger partial charge on any atom is -0.660 e. The maximum Gasteiger partial charge on any atom is 0.414 e. The van der Waals surface area contributed by atoms with E-state index < -0.39 is 11.0 Å². The Morgan fingerprint density at radius 2 is 2.25 bits per heavy atom. The summed E-state index contributed by atoms with van der Waals surface area (Å²) in [5.74, 6) is -0.260. The third-order valence-electron chi connectivity index (χ3n) is 2.62. The van der Waals surface area contributed by atoms with Gasteiger partial charge in [-0.3, -0.25) is 4.57 Å². The molecule has 9 nitrogen and oxygen atoms in total. The van der Waals surface area contributed by atoms with Gasteiger partial charge in [-0.25, -0.2) is 0 Å². The molecule has 0 amide bonds. The minimum atomic E-state index is -0.624. The summed E-state index contributed by atoms with van der Waals surface area (Å²) in [7, 11) is 0. The number of nitro groups is 1. The predicted octanol–water partition coefficient (Wildman–Crippen LogP) is -0.495. The fourth-order valence-corrected chi connectivity index (χ4v) is 1.72. The zero-order chi connectivity index (χ0) is 13.7. The van der Waals surface area contributed by atoms with E-state index in [9.17, 15) is 10.1 Å². The summed E-state index contributed by atoms with van der Waals surface area (Å²) in [6.45, 7) is 4.62. The number of rotatable bonds is 1. The Kier molecular flexibility index (Phi) is 7.53. The molecule has 1 unspecified atom stereocenters. The number of nitrogens with one attached hydrogen (secondary N) is 1. The van der Waals surface area contributed by atoms with E-state index in [0.29, 0.717) is 0 Å². The van der Waals surface area contributed by atoms with Crippen molar-refractivity contribution in [1.82, 2.24) is 14.9 Å². The molecule has 2 aliphatic rings. The Balaban J connectivity index is 0.000000243. The Morgan fingerprint density at radius 3 is 2.75 bits per heavy atom. The maximum absolute atomic E-state index is 10.3. The van der Waals surface area contributed by atoms with Crippen LogP contribution < -0.4 is 10.1 Å². The van der Waals surface area contributed by atoms with Crippen LogP contribution in [0, 0.1) is 10.1 Å². The van der Waals surface area contributed by atoms with Crippen molar-refractivity contribution in [3.05, 3.63) is 21.6 Å². The number of ether oxygens (including phenoxy) is 1. The van der Waals surface area contributed by atoms with Crippen LogP contribution in [0.1, 0.15) is 0 Å². The van der Waals surface area contributed by atoms with Gasteiger partial charge in [0, 0.05) is 37.7 Å². The van der Waals surface area contributed by atoms with Gasteiger partial charge < -0.3 is 30.6 Å². The first kappa shape index (κ1) is 17.4. The molecule has 2 N–H and O–H groups in total. The molecule has 3 rings (SSSR count). The first-order valence-corrected chi connectivity index (χ1v) is 6.03. The molecule has 1 saturated heterocycles. The number of aliphatic hydroxyl groups is 1. The second-order valence-corrected chi connectivity index (χ2v) is 4.18. The van der Waals surface area contributed by atoms with E-state index in [1.807, 2.05) is 0 Å². The molecule has 1 aromatic heterocycles. The second kappa shape index (κ2) is 8.63. The van der Waals surface area contributed by atoms with E-state index in [1.54, 1.807) is 0 Å². The van der Waals surface area contributed by atoms with Crippen LogP contribution in [0.2, 0.25) is 0 Å². The minimum absolute atomic E-state index is 0. The first-order valence-electron chi connectivity index (χ1n) is 6.03. The van der Waals surface area contributed by atoms with Crippen LogP contribution in [-0.2, 0) is 39.3 Å². The zero-order valence-corrected chi connectivity index (χ0v) is 13.8. The SMILES string of the molecule is C1CNCC[N-]1.O=[N+]([O-])c1cn2c(n1)OCC(O)C2.[Y]. The standard InChI is InChI=1S/C6H7N3O4.C4H9N2.Y/c10-4-1-8-2-5(9(11)12)7-6(8)13-3-4;1-2-6-4-3-5-1;/h2,4,10H,1,3H2;5H,1-4H2;/q;-1;. The van der Waals surface area contributed by atoms with Crippen molar-refractivity contribution in [1.29, 1.82) is 0 Å². The molecule has 2 aliphatic heterocycles. The molecule has 3 heterocycles. The fraction of sp³-hybridized carbons (Fsp3) is 0.700.